The van der Waals surface area contributed by atoms with Crippen molar-refractivity contribution in [3.63, 3.8) is 0 Å². The second-order valence-electron chi connectivity index (χ2n) is 4.11. The Morgan fingerprint density at radius 2 is 2.12 bits per heavy atom. The molecular weight excluding hydrogens is 226 g/mol. The topological polar surface area (TPSA) is 40.5 Å². The summed E-state index contributed by atoms with van der Waals surface area (Å²) in [6.45, 7) is 2.87. The van der Waals surface area contributed by atoms with Crippen molar-refractivity contribution in [2.75, 3.05) is 6.54 Å². The molecule has 1 N–H and O–H groups in total. The van der Waals surface area contributed by atoms with Crippen LogP contribution in [-0.2, 0) is 4.79 Å². The lowest BCUT2D eigenvalue weighted by atomic mass is 9.96. The molecule has 0 bridgehead atoms. The van der Waals surface area contributed by atoms with Crippen LogP contribution in [0.25, 0.3) is 0 Å². The molecule has 1 fully saturated rings. The maximum Gasteiger partial charge on any atom is 0.320 e. The molecule has 0 saturated carbocycles. The molecule has 0 radical (unpaired) electrons. The van der Waals surface area contributed by atoms with Crippen molar-refractivity contribution in [1.29, 1.82) is 0 Å². The summed E-state index contributed by atoms with van der Waals surface area (Å²) in [6, 6.07) is 7.37. The van der Waals surface area contributed by atoms with Gasteiger partial charge in [0.15, 0.2) is 0 Å². The minimum absolute atomic E-state index is 0.132. The fraction of sp³-hybridized carbons (Fsp3) is 0.417. The van der Waals surface area contributed by atoms with Gasteiger partial charge in [-0.2, -0.15) is 0 Å². The molecule has 0 amide bonds. The van der Waals surface area contributed by atoms with Crippen molar-refractivity contribution < 1.29 is 9.90 Å². The maximum atomic E-state index is 10.9. The van der Waals surface area contributed by atoms with Crippen LogP contribution in [-0.4, -0.2) is 28.6 Å². The van der Waals surface area contributed by atoms with Crippen LogP contribution in [0.1, 0.15) is 24.9 Å². The van der Waals surface area contributed by atoms with E-state index in [0.717, 1.165) is 18.5 Å². The van der Waals surface area contributed by atoms with Gasteiger partial charge in [0, 0.05) is 17.6 Å². The molecule has 1 aromatic carbocycles. The molecule has 86 valence electrons. The second-order valence-corrected chi connectivity index (χ2v) is 4.54. The molecule has 0 spiro atoms. The Balaban J connectivity index is 2.10. The van der Waals surface area contributed by atoms with Crippen molar-refractivity contribution in [2.24, 2.45) is 0 Å². The normalized spacial score (nSPS) is 22.5. The zero-order chi connectivity index (χ0) is 11.7. The largest absolute Gasteiger partial charge is 0.480 e. The predicted octanol–water partition coefficient (Wildman–Crippen LogP) is 2.56. The van der Waals surface area contributed by atoms with Gasteiger partial charge in [-0.3, -0.25) is 9.69 Å². The first-order valence-corrected chi connectivity index (χ1v) is 5.71. The van der Waals surface area contributed by atoms with E-state index >= 15 is 0 Å². The maximum absolute atomic E-state index is 10.9. The fourth-order valence-electron chi connectivity index (χ4n) is 2.07. The SMILES string of the molecule is CC(c1ccc(Cl)cc1)N1CCC1C(=O)O. The molecule has 3 nitrogen and oxygen atoms in total. The average molecular weight is 240 g/mol. The lowest BCUT2D eigenvalue weighted by molar-refractivity contribution is -0.150. The van der Waals surface area contributed by atoms with E-state index in [1.54, 1.807) is 0 Å². The van der Waals surface area contributed by atoms with Crippen molar-refractivity contribution in [3.05, 3.63) is 34.9 Å². The first kappa shape index (κ1) is 11.4. The third kappa shape index (κ3) is 2.06. The predicted molar refractivity (Wildman–Crippen MR) is 62.6 cm³/mol. The molecule has 1 heterocycles. The van der Waals surface area contributed by atoms with E-state index < -0.39 is 5.97 Å². The summed E-state index contributed by atoms with van der Waals surface area (Å²) in [5.74, 6) is -0.730. The lowest BCUT2D eigenvalue weighted by Crippen LogP contribution is -2.53. The van der Waals surface area contributed by atoms with Gasteiger partial charge in [-0.05, 0) is 31.0 Å². The van der Waals surface area contributed by atoms with Gasteiger partial charge in [-0.15, -0.1) is 0 Å². The molecule has 2 unspecified atom stereocenters. The molecule has 0 aliphatic carbocycles. The summed E-state index contributed by atoms with van der Waals surface area (Å²) in [4.78, 5) is 12.9. The van der Waals surface area contributed by atoms with Crippen LogP contribution in [0, 0.1) is 0 Å². The van der Waals surface area contributed by atoms with Crippen LogP contribution in [0.15, 0.2) is 24.3 Å². The number of nitrogens with zero attached hydrogens (tertiary/aromatic N) is 1. The Bertz CT molecular complexity index is 391. The number of carboxylic acids is 1. The third-order valence-electron chi connectivity index (χ3n) is 3.20. The van der Waals surface area contributed by atoms with Crippen LogP contribution >= 0.6 is 11.6 Å². The van der Waals surface area contributed by atoms with Crippen molar-refractivity contribution in [2.45, 2.75) is 25.4 Å². The molecule has 1 saturated heterocycles. The highest BCUT2D eigenvalue weighted by atomic mass is 35.5. The molecule has 4 heteroatoms. The molecule has 1 aliphatic rings. The number of carbonyl (C=O) groups is 1. The summed E-state index contributed by atoms with van der Waals surface area (Å²) in [5, 5.41) is 9.68. The van der Waals surface area contributed by atoms with Crippen LogP contribution in [0.3, 0.4) is 0 Å². The van der Waals surface area contributed by atoms with E-state index in [1.165, 1.54) is 0 Å². The standard InChI is InChI=1S/C12H14ClNO2/c1-8(9-2-4-10(13)5-3-9)14-7-6-11(14)12(15)16/h2-5,8,11H,6-7H2,1H3,(H,15,16). The monoisotopic (exact) mass is 239 g/mol. The average Bonchev–Trinajstić information content (AvgIpc) is 2.15. The van der Waals surface area contributed by atoms with Gasteiger partial charge in [0.1, 0.15) is 6.04 Å². The van der Waals surface area contributed by atoms with E-state index in [0.29, 0.717) is 5.02 Å². The zero-order valence-corrected chi connectivity index (χ0v) is 9.81. The van der Waals surface area contributed by atoms with Crippen molar-refractivity contribution >= 4 is 17.6 Å². The number of hydrogen-bond donors (Lipinski definition) is 1. The number of carboxylic acid groups (broad SMARTS) is 1. The second kappa shape index (κ2) is 4.44. The first-order valence-electron chi connectivity index (χ1n) is 5.33. The van der Waals surface area contributed by atoms with E-state index in [1.807, 2.05) is 36.1 Å². The number of likely N-dealkylation sites (tertiary alicyclic amines) is 1. The Kier molecular flexibility index (Phi) is 3.17. The number of rotatable bonds is 3. The van der Waals surface area contributed by atoms with Gasteiger partial charge in [0.05, 0.1) is 0 Å². The molecule has 2 atom stereocenters. The highest BCUT2D eigenvalue weighted by molar-refractivity contribution is 6.30. The quantitative estimate of drug-likeness (QED) is 0.881. The summed E-state index contributed by atoms with van der Waals surface area (Å²) < 4.78 is 0. The molecule has 1 aromatic rings. The number of aliphatic carboxylic acids is 1. The van der Waals surface area contributed by atoms with Gasteiger partial charge in [-0.1, -0.05) is 23.7 Å². The minimum Gasteiger partial charge on any atom is -0.480 e. The van der Waals surface area contributed by atoms with Crippen LogP contribution in [0.4, 0.5) is 0 Å². The van der Waals surface area contributed by atoms with Crippen LogP contribution < -0.4 is 0 Å². The van der Waals surface area contributed by atoms with E-state index in [9.17, 15) is 4.79 Å². The summed E-state index contributed by atoms with van der Waals surface area (Å²) in [6.07, 6.45) is 0.743. The highest BCUT2D eigenvalue weighted by Crippen LogP contribution is 2.30. The fourth-order valence-corrected chi connectivity index (χ4v) is 2.19. The smallest absolute Gasteiger partial charge is 0.320 e. The summed E-state index contributed by atoms with van der Waals surface area (Å²) in [5.41, 5.74) is 1.11. The van der Waals surface area contributed by atoms with E-state index in [-0.39, 0.29) is 12.1 Å². The van der Waals surface area contributed by atoms with Gasteiger partial charge >= 0.3 is 5.97 Å². The minimum atomic E-state index is -0.730. The molecule has 0 aromatic heterocycles. The van der Waals surface area contributed by atoms with Crippen molar-refractivity contribution in [3.8, 4) is 0 Å². The Morgan fingerprint density at radius 3 is 2.56 bits per heavy atom. The third-order valence-corrected chi connectivity index (χ3v) is 3.45. The first-order chi connectivity index (χ1) is 7.59. The van der Waals surface area contributed by atoms with Gasteiger partial charge in [0.25, 0.3) is 0 Å². The van der Waals surface area contributed by atoms with E-state index in [4.69, 9.17) is 16.7 Å². The summed E-state index contributed by atoms with van der Waals surface area (Å²) in [7, 11) is 0. The van der Waals surface area contributed by atoms with Gasteiger partial charge in [0.2, 0.25) is 0 Å². The molecule has 2 rings (SSSR count). The zero-order valence-electron chi connectivity index (χ0n) is 9.06. The van der Waals surface area contributed by atoms with Crippen molar-refractivity contribution in [1.82, 2.24) is 4.90 Å². The Morgan fingerprint density at radius 1 is 1.50 bits per heavy atom. The Labute approximate surface area is 99.6 Å². The highest BCUT2D eigenvalue weighted by Gasteiger charge is 2.37. The molecular formula is C12H14ClNO2. The van der Waals surface area contributed by atoms with E-state index in [2.05, 4.69) is 0 Å². The van der Waals surface area contributed by atoms with Crippen LogP contribution in [0.5, 0.6) is 0 Å². The molecule has 16 heavy (non-hydrogen) atoms. The van der Waals surface area contributed by atoms with Gasteiger partial charge in [-0.25, -0.2) is 0 Å². The van der Waals surface area contributed by atoms with Crippen LogP contribution in [0.2, 0.25) is 5.02 Å². The Hall–Kier alpha value is -1.06. The lowest BCUT2D eigenvalue weighted by Gasteiger charge is -2.42. The number of hydrogen-bond acceptors (Lipinski definition) is 2. The molecule has 1 aliphatic heterocycles. The van der Waals surface area contributed by atoms with Gasteiger partial charge < -0.3 is 5.11 Å². The summed E-state index contributed by atoms with van der Waals surface area (Å²) >= 11 is 5.82. The number of benzene rings is 1. The number of halogens is 1.